The van der Waals surface area contributed by atoms with Gasteiger partial charge in [0, 0.05) is 33.5 Å². The SMILES string of the molecule is c1ccc(-c2ccc(N(c3ccc(-c4ccccc4)cc3)c3ccc(-n4c5ccccc5c5c6c(-c7ccccc7)cccc6ccc54)cc3)cc2)cc1. The van der Waals surface area contributed by atoms with Crippen LogP contribution in [0.4, 0.5) is 17.1 Å². The zero-order valence-electron chi connectivity index (χ0n) is 29.7. The molecule has 2 heteroatoms. The van der Waals surface area contributed by atoms with Crippen LogP contribution in [0.15, 0.2) is 218 Å². The molecule has 0 aliphatic carbocycles. The molecule has 10 rings (SSSR count). The Morgan fingerprint density at radius 3 is 1.35 bits per heavy atom. The van der Waals surface area contributed by atoms with Gasteiger partial charge in [-0.1, -0.05) is 158 Å². The molecule has 0 atom stereocenters. The minimum Gasteiger partial charge on any atom is -0.311 e. The summed E-state index contributed by atoms with van der Waals surface area (Å²) in [5.74, 6) is 0. The zero-order valence-corrected chi connectivity index (χ0v) is 29.7. The summed E-state index contributed by atoms with van der Waals surface area (Å²) in [6.45, 7) is 0. The van der Waals surface area contributed by atoms with E-state index in [1.165, 1.54) is 66.0 Å². The number of nitrogens with zero attached hydrogens (tertiary/aromatic N) is 2. The van der Waals surface area contributed by atoms with Gasteiger partial charge in [0.15, 0.2) is 0 Å². The molecule has 0 N–H and O–H groups in total. The molecule has 0 aliphatic rings. The van der Waals surface area contributed by atoms with Crippen LogP contribution in [-0.2, 0) is 0 Å². The van der Waals surface area contributed by atoms with Gasteiger partial charge in [-0.2, -0.15) is 0 Å². The van der Waals surface area contributed by atoms with Gasteiger partial charge < -0.3 is 9.47 Å². The van der Waals surface area contributed by atoms with Crippen LogP contribution in [0.1, 0.15) is 0 Å². The van der Waals surface area contributed by atoms with Crippen LogP contribution < -0.4 is 4.90 Å². The van der Waals surface area contributed by atoms with Crippen molar-refractivity contribution in [2.45, 2.75) is 0 Å². The molecule has 2 nitrogen and oxygen atoms in total. The maximum atomic E-state index is 2.42. The Balaban J connectivity index is 1.10. The van der Waals surface area contributed by atoms with Crippen LogP contribution in [0, 0.1) is 0 Å². The van der Waals surface area contributed by atoms with Gasteiger partial charge in [-0.3, -0.25) is 0 Å². The van der Waals surface area contributed by atoms with E-state index in [1.54, 1.807) is 0 Å². The van der Waals surface area contributed by atoms with Crippen molar-refractivity contribution in [1.29, 1.82) is 0 Å². The highest BCUT2D eigenvalue weighted by Crippen LogP contribution is 2.42. The lowest BCUT2D eigenvalue weighted by Gasteiger charge is -2.26. The third-order valence-corrected chi connectivity index (χ3v) is 10.6. The van der Waals surface area contributed by atoms with E-state index in [0.29, 0.717) is 0 Å². The molecule has 1 heterocycles. The molecule has 0 spiro atoms. The van der Waals surface area contributed by atoms with Gasteiger partial charge in [0.25, 0.3) is 0 Å². The zero-order chi connectivity index (χ0) is 35.8. The highest BCUT2D eigenvalue weighted by Gasteiger charge is 2.18. The first kappa shape index (κ1) is 31.6. The minimum atomic E-state index is 1.09. The summed E-state index contributed by atoms with van der Waals surface area (Å²) in [4.78, 5) is 2.35. The predicted molar refractivity (Wildman–Crippen MR) is 229 cm³/mol. The molecular weight excluding hydrogens is 653 g/mol. The second-order valence-corrected chi connectivity index (χ2v) is 13.8. The third-order valence-electron chi connectivity index (χ3n) is 10.6. The van der Waals surface area contributed by atoms with E-state index < -0.39 is 0 Å². The van der Waals surface area contributed by atoms with Crippen molar-refractivity contribution in [2.75, 3.05) is 4.90 Å². The number of aromatic nitrogens is 1. The topological polar surface area (TPSA) is 8.17 Å². The van der Waals surface area contributed by atoms with E-state index in [4.69, 9.17) is 0 Å². The Labute approximate surface area is 315 Å². The van der Waals surface area contributed by atoms with Gasteiger partial charge in [-0.15, -0.1) is 0 Å². The molecule has 9 aromatic carbocycles. The summed E-state index contributed by atoms with van der Waals surface area (Å²) in [6, 6.07) is 78.7. The van der Waals surface area contributed by atoms with Crippen LogP contribution >= 0.6 is 0 Å². The lowest BCUT2D eigenvalue weighted by molar-refractivity contribution is 1.17. The Kier molecular flexibility index (Phi) is 7.85. The molecule has 54 heavy (non-hydrogen) atoms. The summed E-state index contributed by atoms with van der Waals surface area (Å²) in [5.41, 5.74) is 14.1. The molecule has 0 saturated carbocycles. The highest BCUT2D eigenvalue weighted by molar-refractivity contribution is 6.24. The first-order valence-electron chi connectivity index (χ1n) is 18.5. The normalized spacial score (nSPS) is 11.3. The summed E-state index contributed by atoms with van der Waals surface area (Å²) < 4.78 is 2.42. The molecule has 0 unspecified atom stereocenters. The van der Waals surface area contributed by atoms with Crippen molar-refractivity contribution in [3.05, 3.63) is 218 Å². The maximum Gasteiger partial charge on any atom is 0.0547 e. The van der Waals surface area contributed by atoms with Crippen LogP contribution in [0.2, 0.25) is 0 Å². The molecule has 0 fully saturated rings. The number of rotatable bonds is 7. The van der Waals surface area contributed by atoms with Gasteiger partial charge in [0.05, 0.1) is 11.0 Å². The standard InChI is InChI=1S/C52H36N2/c1-4-13-37(14-5-1)39-23-28-43(29-24-39)53(44-30-25-40(26-31-44)38-15-6-2-7-16-38)45-32-34-46(35-33-45)54-49-22-11-10-20-48(49)52-50(54)36-27-42-19-12-21-47(51(42)52)41-17-8-3-9-18-41/h1-36H. The quantitative estimate of drug-likeness (QED) is 0.162. The van der Waals surface area contributed by atoms with Crippen LogP contribution in [0.5, 0.6) is 0 Å². The van der Waals surface area contributed by atoms with E-state index >= 15 is 0 Å². The Morgan fingerprint density at radius 2 is 0.778 bits per heavy atom. The smallest absolute Gasteiger partial charge is 0.0547 e. The molecule has 0 aliphatic heterocycles. The van der Waals surface area contributed by atoms with Crippen LogP contribution in [0.25, 0.3) is 71.6 Å². The van der Waals surface area contributed by atoms with Crippen molar-refractivity contribution < 1.29 is 0 Å². The van der Waals surface area contributed by atoms with Gasteiger partial charge >= 0.3 is 0 Å². The molecule has 0 amide bonds. The molecule has 254 valence electrons. The summed E-state index contributed by atoms with van der Waals surface area (Å²) in [6.07, 6.45) is 0. The van der Waals surface area contributed by atoms with E-state index in [1.807, 2.05) is 0 Å². The van der Waals surface area contributed by atoms with Crippen molar-refractivity contribution in [2.24, 2.45) is 0 Å². The monoisotopic (exact) mass is 688 g/mol. The fourth-order valence-electron chi connectivity index (χ4n) is 8.04. The molecule has 0 saturated heterocycles. The van der Waals surface area contributed by atoms with Crippen molar-refractivity contribution in [1.82, 2.24) is 4.57 Å². The fraction of sp³-hybridized carbons (Fsp3) is 0. The van der Waals surface area contributed by atoms with Crippen molar-refractivity contribution >= 4 is 49.6 Å². The van der Waals surface area contributed by atoms with Crippen molar-refractivity contribution in [3.8, 4) is 39.1 Å². The predicted octanol–water partition coefficient (Wildman–Crippen LogP) is 14.4. The summed E-state index contributed by atoms with van der Waals surface area (Å²) in [7, 11) is 0. The van der Waals surface area contributed by atoms with E-state index in [0.717, 1.165) is 22.7 Å². The number of para-hydroxylation sites is 1. The molecule has 0 bridgehead atoms. The number of hydrogen-bond acceptors (Lipinski definition) is 1. The Morgan fingerprint density at radius 1 is 0.296 bits per heavy atom. The summed E-state index contributed by atoms with van der Waals surface area (Å²) >= 11 is 0. The Hall–Kier alpha value is -7.16. The lowest BCUT2D eigenvalue weighted by Crippen LogP contribution is -2.10. The molecule has 1 aromatic heterocycles. The average Bonchev–Trinajstić information content (AvgIpc) is 3.60. The first-order valence-corrected chi connectivity index (χ1v) is 18.5. The number of fused-ring (bicyclic) bond motifs is 5. The minimum absolute atomic E-state index is 1.09. The third kappa shape index (κ3) is 5.53. The van der Waals surface area contributed by atoms with Crippen molar-refractivity contribution in [3.63, 3.8) is 0 Å². The van der Waals surface area contributed by atoms with E-state index in [2.05, 4.69) is 228 Å². The van der Waals surface area contributed by atoms with Gasteiger partial charge in [-0.25, -0.2) is 0 Å². The summed E-state index contributed by atoms with van der Waals surface area (Å²) in [5, 5.41) is 5.07. The first-order chi connectivity index (χ1) is 26.8. The Bertz CT molecular complexity index is 2790. The highest BCUT2D eigenvalue weighted by atomic mass is 15.1. The number of hydrogen-bond donors (Lipinski definition) is 0. The maximum absolute atomic E-state index is 2.42. The largest absolute Gasteiger partial charge is 0.311 e. The fourth-order valence-corrected chi connectivity index (χ4v) is 8.04. The van der Waals surface area contributed by atoms with E-state index in [-0.39, 0.29) is 0 Å². The van der Waals surface area contributed by atoms with Gasteiger partial charge in [-0.05, 0) is 105 Å². The van der Waals surface area contributed by atoms with Crippen LogP contribution in [0.3, 0.4) is 0 Å². The lowest BCUT2D eigenvalue weighted by atomic mass is 9.94. The van der Waals surface area contributed by atoms with Gasteiger partial charge in [0.1, 0.15) is 0 Å². The second kappa shape index (κ2) is 13.4. The second-order valence-electron chi connectivity index (χ2n) is 13.8. The number of benzene rings is 9. The molecule has 10 aromatic rings. The van der Waals surface area contributed by atoms with E-state index in [9.17, 15) is 0 Å². The number of anilines is 3. The molecule has 0 radical (unpaired) electrons. The van der Waals surface area contributed by atoms with Crippen LogP contribution in [-0.4, -0.2) is 4.57 Å². The van der Waals surface area contributed by atoms with Gasteiger partial charge in [0.2, 0.25) is 0 Å². The molecular formula is C52H36N2. The average molecular weight is 689 g/mol.